The number of thiazole rings is 1. The molecule has 0 aliphatic carbocycles. The van der Waals surface area contributed by atoms with Crippen LogP contribution in [0.1, 0.15) is 25.3 Å². The molecule has 12 heteroatoms. The summed E-state index contributed by atoms with van der Waals surface area (Å²) in [5.41, 5.74) is 1.25. The highest BCUT2D eigenvalue weighted by atomic mass is 35.5. The van der Waals surface area contributed by atoms with Crippen LogP contribution in [0.25, 0.3) is 0 Å². The largest absolute Gasteiger partial charge is 0.480 e. The molecule has 1 fully saturated rings. The van der Waals surface area contributed by atoms with Gasteiger partial charge < -0.3 is 14.7 Å². The molecule has 1 spiro atoms. The second-order valence-electron chi connectivity index (χ2n) is 7.94. The van der Waals surface area contributed by atoms with E-state index in [0.717, 1.165) is 11.3 Å². The molecule has 1 aromatic heterocycles. The summed E-state index contributed by atoms with van der Waals surface area (Å²) in [6, 6.07) is 5.07. The molecule has 4 rings (SSSR count). The summed E-state index contributed by atoms with van der Waals surface area (Å²) < 4.78 is 5.59. The first-order valence-corrected chi connectivity index (χ1v) is 12.4. The predicted octanol–water partition coefficient (Wildman–Crippen LogP) is 4.51. The van der Waals surface area contributed by atoms with Crippen molar-refractivity contribution in [2.75, 3.05) is 37.0 Å². The van der Waals surface area contributed by atoms with Crippen molar-refractivity contribution >= 4 is 63.6 Å². The highest BCUT2D eigenvalue weighted by molar-refractivity contribution is 8.02. The molecular formula is C21H23ClN4O5S2. The summed E-state index contributed by atoms with van der Waals surface area (Å²) in [4.78, 5) is 44.1. The van der Waals surface area contributed by atoms with Crippen LogP contribution in [0, 0.1) is 0 Å². The smallest absolute Gasteiger partial charge is 0.409 e. The summed E-state index contributed by atoms with van der Waals surface area (Å²) in [5.74, 6) is -0.878. The van der Waals surface area contributed by atoms with Crippen LogP contribution in [0.5, 0.6) is 0 Å². The second-order valence-corrected chi connectivity index (χ2v) is 10.9. The van der Waals surface area contributed by atoms with Crippen LogP contribution in [-0.4, -0.2) is 65.1 Å². The Morgan fingerprint density at radius 1 is 1.39 bits per heavy atom. The highest BCUT2D eigenvalue weighted by Crippen LogP contribution is 2.47. The van der Waals surface area contributed by atoms with Crippen molar-refractivity contribution in [2.24, 2.45) is 0 Å². The van der Waals surface area contributed by atoms with Crippen molar-refractivity contribution in [3.63, 3.8) is 0 Å². The van der Waals surface area contributed by atoms with Gasteiger partial charge in [0.05, 0.1) is 17.5 Å². The summed E-state index contributed by atoms with van der Waals surface area (Å²) in [5, 5.41) is 12.5. The molecule has 2 unspecified atom stereocenters. The first-order valence-electron chi connectivity index (χ1n) is 10.3. The maximum atomic E-state index is 13.2. The van der Waals surface area contributed by atoms with Crippen LogP contribution in [0.4, 0.5) is 20.4 Å². The Hall–Kier alpha value is -2.50. The number of nitrogens with zero attached hydrogens (tertiary/aromatic N) is 3. The number of rotatable bonds is 5. The fourth-order valence-electron chi connectivity index (χ4n) is 4.31. The Labute approximate surface area is 204 Å². The summed E-state index contributed by atoms with van der Waals surface area (Å²) in [6.45, 7) is 3.17. The molecule has 2 aliphatic heterocycles. The lowest BCUT2D eigenvalue weighted by molar-refractivity contribution is -0.136. The molecular weight excluding hydrogens is 488 g/mol. The third-order valence-corrected chi connectivity index (χ3v) is 8.55. The van der Waals surface area contributed by atoms with E-state index in [4.69, 9.17) is 16.3 Å². The molecule has 0 radical (unpaired) electrons. The molecule has 3 amide bonds. The number of hydrogen-bond donors (Lipinski definition) is 2. The van der Waals surface area contributed by atoms with Crippen molar-refractivity contribution < 1.29 is 24.2 Å². The number of amides is 3. The number of aliphatic carboxylic acids is 1. The van der Waals surface area contributed by atoms with E-state index >= 15 is 0 Å². The molecule has 0 bridgehead atoms. The number of halogens is 1. The van der Waals surface area contributed by atoms with Crippen LogP contribution in [0.2, 0.25) is 5.02 Å². The fraction of sp³-hybridized carbons (Fsp3) is 0.429. The molecule has 176 valence electrons. The van der Waals surface area contributed by atoms with Crippen molar-refractivity contribution in [2.45, 2.75) is 34.6 Å². The van der Waals surface area contributed by atoms with Crippen LogP contribution in [0.3, 0.4) is 0 Å². The zero-order chi connectivity index (χ0) is 23.8. The van der Waals surface area contributed by atoms with Gasteiger partial charge in [-0.1, -0.05) is 41.6 Å². The lowest BCUT2D eigenvalue weighted by atomic mass is 9.81. The van der Waals surface area contributed by atoms with Gasteiger partial charge in [0.25, 0.3) is 0 Å². The molecule has 2 aliphatic rings. The number of thioether (sulfide) groups is 1. The zero-order valence-electron chi connectivity index (χ0n) is 18.0. The number of ether oxygens (including phenoxy) is 1. The third-order valence-electron chi connectivity index (χ3n) is 5.92. The van der Waals surface area contributed by atoms with E-state index in [1.807, 2.05) is 19.1 Å². The first-order chi connectivity index (χ1) is 15.8. The predicted molar refractivity (Wildman–Crippen MR) is 128 cm³/mol. The molecule has 9 nitrogen and oxygen atoms in total. The highest BCUT2D eigenvalue weighted by Gasteiger charge is 2.50. The van der Waals surface area contributed by atoms with E-state index in [1.54, 1.807) is 22.1 Å². The number of hydrogen-bond acceptors (Lipinski definition) is 7. The number of carbonyl (C=O) groups excluding carboxylic acids is 2. The summed E-state index contributed by atoms with van der Waals surface area (Å²) in [6.07, 6.45) is 2.35. The number of carboxylic acid groups (broad SMARTS) is 1. The van der Waals surface area contributed by atoms with Gasteiger partial charge in [-0.2, -0.15) is 0 Å². The van der Waals surface area contributed by atoms with E-state index in [9.17, 15) is 19.5 Å². The van der Waals surface area contributed by atoms with Gasteiger partial charge in [0.1, 0.15) is 5.25 Å². The number of nitrogens with one attached hydrogen (secondary N) is 1. The van der Waals surface area contributed by atoms with Crippen LogP contribution < -0.4 is 10.2 Å². The van der Waals surface area contributed by atoms with Gasteiger partial charge in [0, 0.05) is 35.8 Å². The molecule has 2 atom stereocenters. The third kappa shape index (κ3) is 4.62. The standard InChI is InChI=1S/C21H23ClN4O5S2/c1-3-15(17(27)28)32-16-9-23-18(33-16)24-19(29)26-11-21(6-7-25(10-21)20(30)31-2)13-8-12(22)4-5-14(13)26/h4-5,8-9,15H,3,6-7,10-11H2,1-2H3,(H,27,28)(H,23,24,29). The molecule has 2 N–H and O–H groups in total. The van der Waals surface area contributed by atoms with Crippen molar-refractivity contribution in [3.05, 3.63) is 35.0 Å². The van der Waals surface area contributed by atoms with E-state index < -0.39 is 22.7 Å². The Morgan fingerprint density at radius 2 is 2.18 bits per heavy atom. The minimum Gasteiger partial charge on any atom is -0.480 e. The minimum atomic E-state index is -0.878. The van der Waals surface area contributed by atoms with E-state index in [0.29, 0.717) is 46.8 Å². The number of methoxy groups -OCH3 is 1. The van der Waals surface area contributed by atoms with Gasteiger partial charge in [0.15, 0.2) is 5.13 Å². The normalized spacial score (nSPS) is 20.1. The number of anilines is 2. The average molecular weight is 511 g/mol. The topological polar surface area (TPSA) is 112 Å². The molecule has 0 saturated carbocycles. The van der Waals surface area contributed by atoms with Crippen molar-refractivity contribution in [3.8, 4) is 0 Å². The average Bonchev–Trinajstić information content (AvgIpc) is 3.50. The maximum absolute atomic E-state index is 13.2. The number of fused-ring (bicyclic) bond motifs is 2. The monoisotopic (exact) mass is 510 g/mol. The number of likely N-dealkylation sites (tertiary alicyclic amines) is 1. The molecule has 2 aromatic rings. The van der Waals surface area contributed by atoms with Crippen LogP contribution >= 0.6 is 34.7 Å². The van der Waals surface area contributed by atoms with Crippen LogP contribution in [-0.2, 0) is 14.9 Å². The maximum Gasteiger partial charge on any atom is 0.409 e. The molecule has 33 heavy (non-hydrogen) atoms. The zero-order valence-corrected chi connectivity index (χ0v) is 20.4. The minimum absolute atomic E-state index is 0.344. The molecule has 1 aromatic carbocycles. The van der Waals surface area contributed by atoms with Gasteiger partial charge in [-0.25, -0.2) is 14.6 Å². The molecule has 1 saturated heterocycles. The van der Waals surface area contributed by atoms with Gasteiger partial charge >= 0.3 is 18.1 Å². The second kappa shape index (κ2) is 9.40. The van der Waals surface area contributed by atoms with Crippen molar-refractivity contribution in [1.82, 2.24) is 9.88 Å². The van der Waals surface area contributed by atoms with Gasteiger partial charge in [-0.05, 0) is 36.6 Å². The lowest BCUT2D eigenvalue weighted by Gasteiger charge is -2.25. The quantitative estimate of drug-likeness (QED) is 0.569. The Bertz CT molecular complexity index is 1100. The number of carbonyl (C=O) groups is 3. The van der Waals surface area contributed by atoms with E-state index in [2.05, 4.69) is 10.3 Å². The number of benzene rings is 1. The van der Waals surface area contributed by atoms with Gasteiger partial charge in [0.2, 0.25) is 0 Å². The van der Waals surface area contributed by atoms with E-state index in [1.165, 1.54) is 30.2 Å². The van der Waals surface area contributed by atoms with Crippen LogP contribution in [0.15, 0.2) is 28.6 Å². The van der Waals surface area contributed by atoms with Gasteiger partial charge in [-0.3, -0.25) is 15.0 Å². The lowest BCUT2D eigenvalue weighted by Crippen LogP contribution is -2.41. The van der Waals surface area contributed by atoms with Gasteiger partial charge in [-0.15, -0.1) is 0 Å². The summed E-state index contributed by atoms with van der Waals surface area (Å²) in [7, 11) is 1.35. The fourth-order valence-corrected chi connectivity index (χ4v) is 6.46. The Balaban J connectivity index is 1.52. The Kier molecular flexibility index (Phi) is 6.73. The summed E-state index contributed by atoms with van der Waals surface area (Å²) >= 11 is 8.72. The molecule has 3 heterocycles. The van der Waals surface area contributed by atoms with E-state index in [-0.39, 0.29) is 6.03 Å². The number of aromatic nitrogens is 1. The SMILES string of the molecule is CCC(Sc1cnc(NC(=O)N2CC3(CCN(C(=O)OC)C3)c3cc(Cl)ccc32)s1)C(=O)O. The first kappa shape index (κ1) is 23.7. The Morgan fingerprint density at radius 3 is 2.88 bits per heavy atom. The number of carboxylic acids is 1. The number of urea groups is 1. The van der Waals surface area contributed by atoms with Crippen molar-refractivity contribution in [1.29, 1.82) is 0 Å².